The molecule has 8 nitrogen and oxygen atoms in total. The molecule has 2 aliphatic rings. The normalized spacial score (nSPS) is 18.3. The minimum Gasteiger partial charge on any atom is -0.358 e. The first-order valence-electron chi connectivity index (χ1n) is 10.4. The fraction of sp³-hybridized carbons (Fsp3) is 0.571. The van der Waals surface area contributed by atoms with E-state index in [1.165, 1.54) is 0 Å². The number of amides is 4. The molecule has 8 heteroatoms. The first-order chi connectivity index (χ1) is 14.0. The van der Waals surface area contributed by atoms with E-state index in [0.717, 1.165) is 18.5 Å². The van der Waals surface area contributed by atoms with Crippen LogP contribution in [0.5, 0.6) is 0 Å². The molecule has 0 saturated carbocycles. The average Bonchev–Trinajstić information content (AvgIpc) is 3.01. The topological polar surface area (TPSA) is 85.0 Å². The molecule has 0 atom stereocenters. The van der Waals surface area contributed by atoms with Gasteiger partial charge >= 0.3 is 6.03 Å². The second-order valence-electron chi connectivity index (χ2n) is 7.69. The number of nitrogens with zero attached hydrogens (tertiary/aromatic N) is 3. The summed E-state index contributed by atoms with van der Waals surface area (Å²) < 4.78 is 0. The zero-order valence-electron chi connectivity index (χ0n) is 17.3. The first-order valence-corrected chi connectivity index (χ1v) is 10.4. The molecule has 2 saturated heterocycles. The summed E-state index contributed by atoms with van der Waals surface area (Å²) in [6.07, 6.45) is 3.09. The zero-order valence-corrected chi connectivity index (χ0v) is 17.3. The minimum absolute atomic E-state index is 0.0315. The van der Waals surface area contributed by atoms with Crippen molar-refractivity contribution in [1.29, 1.82) is 0 Å². The summed E-state index contributed by atoms with van der Waals surface area (Å²) in [7, 11) is 1.57. The fourth-order valence-corrected chi connectivity index (χ4v) is 4.14. The first kappa shape index (κ1) is 21.0. The van der Waals surface area contributed by atoms with E-state index in [2.05, 4.69) is 22.5 Å². The molecule has 0 aromatic heterocycles. The molecule has 2 fully saturated rings. The van der Waals surface area contributed by atoms with Gasteiger partial charge in [0.15, 0.2) is 0 Å². The number of piperidine rings is 1. The summed E-state index contributed by atoms with van der Waals surface area (Å²) in [5, 5.41) is 5.55. The molecular formula is C21H31N5O3. The Balaban J connectivity index is 1.76. The third-order valence-corrected chi connectivity index (χ3v) is 5.88. The minimum atomic E-state index is -0.713. The van der Waals surface area contributed by atoms with E-state index < -0.39 is 5.54 Å². The van der Waals surface area contributed by atoms with Crippen LogP contribution in [-0.2, 0) is 9.59 Å². The molecule has 158 valence electrons. The van der Waals surface area contributed by atoms with Crippen LogP contribution >= 0.6 is 0 Å². The van der Waals surface area contributed by atoms with Crippen LogP contribution in [0, 0.1) is 0 Å². The predicted octanol–water partition coefficient (Wildman–Crippen LogP) is 1.38. The van der Waals surface area contributed by atoms with Crippen LogP contribution < -0.4 is 15.5 Å². The number of likely N-dealkylation sites (N-methyl/N-ethyl adjacent to an activating group) is 1. The Morgan fingerprint density at radius 1 is 1.14 bits per heavy atom. The molecule has 1 aromatic rings. The van der Waals surface area contributed by atoms with Gasteiger partial charge in [-0.25, -0.2) is 4.79 Å². The summed E-state index contributed by atoms with van der Waals surface area (Å²) in [6, 6.07) is 9.76. The molecule has 2 heterocycles. The van der Waals surface area contributed by atoms with Crippen molar-refractivity contribution in [2.45, 2.75) is 38.1 Å². The molecule has 0 radical (unpaired) electrons. The van der Waals surface area contributed by atoms with E-state index >= 15 is 0 Å². The van der Waals surface area contributed by atoms with Crippen LogP contribution in [-0.4, -0.2) is 73.1 Å². The van der Waals surface area contributed by atoms with E-state index in [0.29, 0.717) is 39.1 Å². The maximum Gasteiger partial charge on any atom is 0.317 e. The zero-order chi connectivity index (χ0) is 20.9. The highest BCUT2D eigenvalue weighted by molar-refractivity contribution is 5.96. The predicted molar refractivity (Wildman–Crippen MR) is 111 cm³/mol. The van der Waals surface area contributed by atoms with Crippen molar-refractivity contribution in [1.82, 2.24) is 20.4 Å². The SMILES string of the molecule is CCCCNC(=O)N1CCC2(CC1)C(=O)N(CC(=O)NC)CN2c1ccccc1. The lowest BCUT2D eigenvalue weighted by molar-refractivity contribution is -0.137. The standard InChI is InChI=1S/C21H31N5O3/c1-3-4-12-23-20(29)24-13-10-21(11-14-24)19(28)25(15-18(27)22-2)16-26(21)17-8-6-5-7-9-17/h5-9H,3-4,10-16H2,1-2H3,(H,22,27)(H,23,29). The third kappa shape index (κ3) is 4.31. The van der Waals surface area contributed by atoms with Crippen molar-refractivity contribution < 1.29 is 14.4 Å². The second-order valence-corrected chi connectivity index (χ2v) is 7.69. The van der Waals surface area contributed by atoms with Gasteiger partial charge in [0.25, 0.3) is 5.91 Å². The van der Waals surface area contributed by atoms with Gasteiger partial charge in [0.1, 0.15) is 12.1 Å². The molecule has 1 spiro atoms. The lowest BCUT2D eigenvalue weighted by Gasteiger charge is -2.43. The summed E-state index contributed by atoms with van der Waals surface area (Å²) >= 11 is 0. The Morgan fingerprint density at radius 2 is 1.83 bits per heavy atom. The van der Waals surface area contributed by atoms with Gasteiger partial charge < -0.3 is 25.3 Å². The number of carbonyl (C=O) groups is 3. The Labute approximate surface area is 172 Å². The van der Waals surface area contributed by atoms with Crippen LogP contribution in [0.3, 0.4) is 0 Å². The lowest BCUT2D eigenvalue weighted by Crippen LogP contribution is -2.58. The summed E-state index contributed by atoms with van der Waals surface area (Å²) in [5.41, 5.74) is 0.247. The summed E-state index contributed by atoms with van der Waals surface area (Å²) in [6.45, 7) is 4.21. The number of urea groups is 1. The van der Waals surface area contributed by atoms with Crippen molar-refractivity contribution in [2.24, 2.45) is 0 Å². The quantitative estimate of drug-likeness (QED) is 0.706. The second kappa shape index (κ2) is 9.15. The van der Waals surface area contributed by atoms with Gasteiger partial charge in [-0.05, 0) is 31.4 Å². The Morgan fingerprint density at radius 3 is 2.45 bits per heavy atom. The molecule has 1 aromatic carbocycles. The van der Waals surface area contributed by atoms with E-state index in [9.17, 15) is 14.4 Å². The number of unbranched alkanes of at least 4 members (excludes halogenated alkanes) is 1. The Kier molecular flexibility index (Phi) is 6.61. The Bertz CT molecular complexity index is 731. The number of rotatable bonds is 6. The van der Waals surface area contributed by atoms with Crippen LogP contribution in [0.15, 0.2) is 30.3 Å². The number of nitrogens with one attached hydrogen (secondary N) is 2. The highest BCUT2D eigenvalue weighted by Gasteiger charge is 2.54. The number of hydrogen-bond donors (Lipinski definition) is 2. The summed E-state index contributed by atoms with van der Waals surface area (Å²) in [5.74, 6) is -0.216. The van der Waals surface area contributed by atoms with Gasteiger partial charge in [-0.15, -0.1) is 0 Å². The molecule has 2 N–H and O–H groups in total. The lowest BCUT2D eigenvalue weighted by atomic mass is 9.85. The van der Waals surface area contributed by atoms with Crippen molar-refractivity contribution in [2.75, 3.05) is 44.8 Å². The van der Waals surface area contributed by atoms with Crippen molar-refractivity contribution in [3.05, 3.63) is 30.3 Å². The van der Waals surface area contributed by atoms with Crippen molar-refractivity contribution in [3.8, 4) is 0 Å². The van der Waals surface area contributed by atoms with Crippen molar-refractivity contribution >= 4 is 23.5 Å². The molecule has 2 aliphatic heterocycles. The molecule has 0 bridgehead atoms. The number of para-hydroxylation sites is 1. The highest BCUT2D eigenvalue weighted by Crippen LogP contribution is 2.39. The third-order valence-electron chi connectivity index (χ3n) is 5.88. The van der Waals surface area contributed by atoms with Gasteiger partial charge in [0, 0.05) is 32.4 Å². The maximum atomic E-state index is 13.4. The molecular weight excluding hydrogens is 370 g/mol. The van der Waals surface area contributed by atoms with Crippen LogP contribution in [0.4, 0.5) is 10.5 Å². The van der Waals surface area contributed by atoms with E-state index in [4.69, 9.17) is 0 Å². The number of anilines is 1. The molecule has 0 unspecified atom stereocenters. The van der Waals surface area contributed by atoms with Crippen molar-refractivity contribution in [3.63, 3.8) is 0 Å². The number of carbonyl (C=O) groups excluding carboxylic acids is 3. The van der Waals surface area contributed by atoms with Gasteiger partial charge in [-0.2, -0.15) is 0 Å². The molecule has 4 amide bonds. The van der Waals surface area contributed by atoms with Gasteiger partial charge in [-0.3, -0.25) is 9.59 Å². The maximum absolute atomic E-state index is 13.4. The van der Waals surface area contributed by atoms with Crippen LogP contribution in [0.25, 0.3) is 0 Å². The fourth-order valence-electron chi connectivity index (χ4n) is 4.14. The molecule has 29 heavy (non-hydrogen) atoms. The average molecular weight is 402 g/mol. The van der Waals surface area contributed by atoms with E-state index in [1.54, 1.807) is 16.8 Å². The van der Waals surface area contributed by atoms with Crippen LogP contribution in [0.2, 0.25) is 0 Å². The largest absolute Gasteiger partial charge is 0.358 e. The van der Waals surface area contributed by atoms with Gasteiger partial charge in [0.2, 0.25) is 5.91 Å². The summed E-state index contributed by atoms with van der Waals surface area (Å²) in [4.78, 5) is 43.2. The number of benzene rings is 1. The van der Waals surface area contributed by atoms with Gasteiger partial charge in [-0.1, -0.05) is 31.5 Å². The molecule has 0 aliphatic carbocycles. The smallest absolute Gasteiger partial charge is 0.317 e. The number of likely N-dealkylation sites (tertiary alicyclic amines) is 1. The van der Waals surface area contributed by atoms with Gasteiger partial charge in [0.05, 0.1) is 6.67 Å². The van der Waals surface area contributed by atoms with E-state index in [-0.39, 0.29) is 24.4 Å². The van der Waals surface area contributed by atoms with E-state index in [1.807, 2.05) is 30.3 Å². The van der Waals surface area contributed by atoms with Crippen LogP contribution in [0.1, 0.15) is 32.6 Å². The number of hydrogen-bond acceptors (Lipinski definition) is 4. The highest BCUT2D eigenvalue weighted by atomic mass is 16.2. The monoisotopic (exact) mass is 401 g/mol. The Hall–Kier alpha value is -2.77. The molecule has 3 rings (SSSR count).